The van der Waals surface area contributed by atoms with Crippen LogP contribution in [0.25, 0.3) is 0 Å². The van der Waals surface area contributed by atoms with Gasteiger partial charge in [-0.1, -0.05) is 37.8 Å². The molecule has 0 aromatic heterocycles. The number of rotatable bonds is 9. The van der Waals surface area contributed by atoms with Crippen LogP contribution < -0.4 is 5.32 Å². The van der Waals surface area contributed by atoms with E-state index in [4.69, 9.17) is 0 Å². The Morgan fingerprint density at radius 2 is 1.60 bits per heavy atom. The van der Waals surface area contributed by atoms with Crippen molar-refractivity contribution in [3.63, 3.8) is 0 Å². The van der Waals surface area contributed by atoms with Crippen LogP contribution in [0, 0.1) is 5.41 Å². The molecule has 2 rings (SSSR count). The average Bonchev–Trinajstić information content (AvgIpc) is 3.25. The second-order valence-corrected chi connectivity index (χ2v) is 6.84. The summed E-state index contributed by atoms with van der Waals surface area (Å²) in [6, 6.07) is 0.822. The lowest BCUT2D eigenvalue weighted by Crippen LogP contribution is -2.44. The first-order valence-corrected chi connectivity index (χ1v) is 8.45. The summed E-state index contributed by atoms with van der Waals surface area (Å²) < 4.78 is 0. The van der Waals surface area contributed by atoms with Crippen LogP contribution in [-0.4, -0.2) is 37.1 Å². The second-order valence-electron chi connectivity index (χ2n) is 6.84. The predicted octanol–water partition coefficient (Wildman–Crippen LogP) is 3.75. The third-order valence-corrected chi connectivity index (χ3v) is 4.84. The molecular weight excluding hydrogens is 244 g/mol. The smallest absolute Gasteiger partial charge is 0.0164 e. The number of nitrogens with one attached hydrogen (secondary N) is 1. The van der Waals surface area contributed by atoms with Gasteiger partial charge in [-0.3, -0.25) is 4.90 Å². The lowest BCUT2D eigenvalue weighted by Gasteiger charge is -2.38. The van der Waals surface area contributed by atoms with E-state index in [9.17, 15) is 0 Å². The highest BCUT2D eigenvalue weighted by molar-refractivity contribution is 4.93. The summed E-state index contributed by atoms with van der Waals surface area (Å²) >= 11 is 0. The quantitative estimate of drug-likeness (QED) is 0.509. The number of hydrogen-bond acceptors (Lipinski definition) is 2. The van der Waals surface area contributed by atoms with E-state index < -0.39 is 0 Å². The summed E-state index contributed by atoms with van der Waals surface area (Å²) in [6.45, 7) is 12.2. The Kier molecular flexibility index (Phi) is 6.31. The molecule has 0 radical (unpaired) electrons. The minimum absolute atomic E-state index is 0.477. The molecule has 114 valence electrons. The maximum Gasteiger partial charge on any atom is 0.0164 e. The molecule has 0 aromatic carbocycles. The Morgan fingerprint density at radius 1 is 1.00 bits per heavy atom. The summed E-state index contributed by atoms with van der Waals surface area (Å²) in [6.07, 6.45) is 15.3. The Morgan fingerprint density at radius 3 is 2.10 bits per heavy atom. The molecule has 1 N–H and O–H groups in total. The van der Waals surface area contributed by atoms with E-state index in [-0.39, 0.29) is 0 Å². The first kappa shape index (κ1) is 15.8. The Hall–Kier alpha value is -0.600. The lowest BCUT2D eigenvalue weighted by atomic mass is 9.79. The van der Waals surface area contributed by atoms with Gasteiger partial charge in [-0.25, -0.2) is 0 Å². The van der Waals surface area contributed by atoms with Gasteiger partial charge in [0, 0.05) is 32.2 Å². The minimum atomic E-state index is 0.477. The molecule has 0 aromatic rings. The fourth-order valence-corrected chi connectivity index (χ4v) is 3.56. The van der Waals surface area contributed by atoms with Gasteiger partial charge in [0.1, 0.15) is 0 Å². The fraction of sp³-hybridized carbons (Fsp3) is 0.778. The SMILES string of the molecule is C=CCN(CC=C)CC1(CNC2CC2)CCCCCC1. The zero-order chi connectivity index (χ0) is 14.3. The Bertz CT molecular complexity index is 289. The molecule has 2 aliphatic rings. The standard InChI is InChI=1S/C18H32N2/c1-3-13-20(14-4-2)16-18(15-19-17-9-10-17)11-7-5-6-8-12-18/h3-4,17,19H,1-2,5-16H2. The first-order valence-electron chi connectivity index (χ1n) is 8.45. The molecule has 2 saturated carbocycles. The summed E-state index contributed by atoms with van der Waals surface area (Å²) in [5, 5.41) is 3.81. The lowest BCUT2D eigenvalue weighted by molar-refractivity contribution is 0.144. The summed E-state index contributed by atoms with van der Waals surface area (Å²) in [5.74, 6) is 0. The largest absolute Gasteiger partial charge is 0.313 e. The highest BCUT2D eigenvalue weighted by atomic mass is 15.1. The maximum atomic E-state index is 3.91. The van der Waals surface area contributed by atoms with E-state index in [2.05, 4.69) is 23.4 Å². The molecule has 0 saturated heterocycles. The van der Waals surface area contributed by atoms with Crippen LogP contribution in [-0.2, 0) is 0 Å². The van der Waals surface area contributed by atoms with E-state index in [1.165, 1.54) is 64.5 Å². The van der Waals surface area contributed by atoms with Crippen LogP contribution in [0.15, 0.2) is 25.3 Å². The molecular formula is C18H32N2. The Labute approximate surface area is 125 Å². The summed E-state index contributed by atoms with van der Waals surface area (Å²) in [5.41, 5.74) is 0.477. The van der Waals surface area contributed by atoms with Crippen LogP contribution in [0.5, 0.6) is 0 Å². The van der Waals surface area contributed by atoms with Crippen molar-refractivity contribution in [3.8, 4) is 0 Å². The normalized spacial score (nSPS) is 22.4. The summed E-state index contributed by atoms with van der Waals surface area (Å²) in [7, 11) is 0. The molecule has 0 spiro atoms. The highest BCUT2D eigenvalue weighted by Gasteiger charge is 2.34. The molecule has 2 nitrogen and oxygen atoms in total. The third-order valence-electron chi connectivity index (χ3n) is 4.84. The zero-order valence-electron chi connectivity index (χ0n) is 13.1. The zero-order valence-corrected chi connectivity index (χ0v) is 13.1. The van der Waals surface area contributed by atoms with Crippen LogP contribution in [0.3, 0.4) is 0 Å². The van der Waals surface area contributed by atoms with Crippen LogP contribution in [0.4, 0.5) is 0 Å². The molecule has 0 unspecified atom stereocenters. The van der Waals surface area contributed by atoms with Crippen LogP contribution in [0.2, 0.25) is 0 Å². The fourth-order valence-electron chi connectivity index (χ4n) is 3.56. The average molecular weight is 276 g/mol. The predicted molar refractivity (Wildman–Crippen MR) is 88.0 cm³/mol. The van der Waals surface area contributed by atoms with Crippen molar-refractivity contribution >= 4 is 0 Å². The van der Waals surface area contributed by atoms with Gasteiger partial charge in [0.25, 0.3) is 0 Å². The van der Waals surface area contributed by atoms with Gasteiger partial charge in [-0.2, -0.15) is 0 Å². The van der Waals surface area contributed by atoms with Crippen molar-refractivity contribution in [1.29, 1.82) is 0 Å². The van der Waals surface area contributed by atoms with E-state index in [0.29, 0.717) is 5.41 Å². The van der Waals surface area contributed by atoms with Gasteiger partial charge >= 0.3 is 0 Å². The van der Waals surface area contributed by atoms with Crippen molar-refractivity contribution in [3.05, 3.63) is 25.3 Å². The molecule has 0 atom stereocenters. The van der Waals surface area contributed by atoms with Gasteiger partial charge in [0.15, 0.2) is 0 Å². The molecule has 0 amide bonds. The Balaban J connectivity index is 1.97. The van der Waals surface area contributed by atoms with Gasteiger partial charge in [-0.05, 0) is 31.1 Å². The second kappa shape index (κ2) is 7.99. The van der Waals surface area contributed by atoms with E-state index in [1.807, 2.05) is 12.2 Å². The minimum Gasteiger partial charge on any atom is -0.313 e. The van der Waals surface area contributed by atoms with E-state index >= 15 is 0 Å². The van der Waals surface area contributed by atoms with Gasteiger partial charge in [0.05, 0.1) is 0 Å². The molecule has 0 heterocycles. The van der Waals surface area contributed by atoms with Crippen molar-refractivity contribution in [2.45, 2.75) is 57.4 Å². The monoisotopic (exact) mass is 276 g/mol. The van der Waals surface area contributed by atoms with Crippen molar-refractivity contribution in [1.82, 2.24) is 10.2 Å². The van der Waals surface area contributed by atoms with Crippen LogP contribution in [0.1, 0.15) is 51.4 Å². The molecule has 2 fully saturated rings. The van der Waals surface area contributed by atoms with Gasteiger partial charge in [0.2, 0.25) is 0 Å². The highest BCUT2D eigenvalue weighted by Crippen LogP contribution is 2.36. The topological polar surface area (TPSA) is 15.3 Å². The third kappa shape index (κ3) is 5.06. The molecule has 2 aliphatic carbocycles. The van der Waals surface area contributed by atoms with Crippen molar-refractivity contribution in [2.75, 3.05) is 26.2 Å². The van der Waals surface area contributed by atoms with Crippen molar-refractivity contribution < 1.29 is 0 Å². The molecule has 0 aliphatic heterocycles. The number of nitrogens with zero attached hydrogens (tertiary/aromatic N) is 1. The van der Waals surface area contributed by atoms with Gasteiger partial charge in [-0.15, -0.1) is 13.2 Å². The van der Waals surface area contributed by atoms with Gasteiger partial charge < -0.3 is 5.32 Å². The summed E-state index contributed by atoms with van der Waals surface area (Å²) in [4.78, 5) is 2.51. The first-order chi connectivity index (χ1) is 9.78. The molecule has 20 heavy (non-hydrogen) atoms. The van der Waals surface area contributed by atoms with E-state index in [1.54, 1.807) is 0 Å². The van der Waals surface area contributed by atoms with Crippen molar-refractivity contribution in [2.24, 2.45) is 5.41 Å². The molecule has 0 bridgehead atoms. The maximum absolute atomic E-state index is 3.91. The number of hydrogen-bond donors (Lipinski definition) is 1. The van der Waals surface area contributed by atoms with Crippen LogP contribution >= 0.6 is 0 Å². The molecule has 2 heteroatoms. The van der Waals surface area contributed by atoms with E-state index in [0.717, 1.165) is 19.1 Å².